The van der Waals surface area contributed by atoms with Crippen molar-refractivity contribution >= 4 is 11.6 Å². The zero-order chi connectivity index (χ0) is 13.5. The van der Waals surface area contributed by atoms with Gasteiger partial charge in [0.05, 0.1) is 13.7 Å². The van der Waals surface area contributed by atoms with Crippen LogP contribution in [0.1, 0.15) is 32.1 Å². The number of hydrogen-bond donors (Lipinski definition) is 2. The van der Waals surface area contributed by atoms with Crippen LogP contribution in [0.4, 0.5) is 5.69 Å². The Hall–Kier alpha value is -1.71. The summed E-state index contributed by atoms with van der Waals surface area (Å²) in [5.41, 5.74) is 0.930. The van der Waals surface area contributed by atoms with E-state index in [0.29, 0.717) is 12.6 Å². The Morgan fingerprint density at radius 1 is 1.21 bits per heavy atom. The van der Waals surface area contributed by atoms with Crippen LogP contribution in [0.2, 0.25) is 0 Å². The number of ether oxygens (including phenoxy) is 1. The topological polar surface area (TPSA) is 50.4 Å². The van der Waals surface area contributed by atoms with Gasteiger partial charge in [-0.15, -0.1) is 0 Å². The van der Waals surface area contributed by atoms with Crippen molar-refractivity contribution in [3.05, 3.63) is 24.3 Å². The molecular formula is C15H22N2O2. The quantitative estimate of drug-likeness (QED) is 0.857. The van der Waals surface area contributed by atoms with E-state index in [9.17, 15) is 4.79 Å². The van der Waals surface area contributed by atoms with Gasteiger partial charge < -0.3 is 15.4 Å². The molecule has 1 fully saturated rings. The summed E-state index contributed by atoms with van der Waals surface area (Å²) in [4.78, 5) is 11.8. The molecule has 1 amide bonds. The first-order chi connectivity index (χ1) is 9.28. The lowest BCUT2D eigenvalue weighted by atomic mass is 9.95. The van der Waals surface area contributed by atoms with Gasteiger partial charge in [-0.25, -0.2) is 0 Å². The molecule has 104 valence electrons. The van der Waals surface area contributed by atoms with E-state index >= 15 is 0 Å². The van der Waals surface area contributed by atoms with Crippen molar-refractivity contribution in [2.24, 2.45) is 0 Å². The fraction of sp³-hybridized carbons (Fsp3) is 0.533. The van der Waals surface area contributed by atoms with Gasteiger partial charge >= 0.3 is 0 Å². The van der Waals surface area contributed by atoms with Crippen molar-refractivity contribution in [2.45, 2.75) is 38.1 Å². The summed E-state index contributed by atoms with van der Waals surface area (Å²) in [5, 5.41) is 6.20. The Morgan fingerprint density at radius 3 is 2.53 bits per heavy atom. The Morgan fingerprint density at radius 2 is 1.89 bits per heavy atom. The lowest BCUT2D eigenvalue weighted by Gasteiger charge is -2.22. The molecule has 1 aromatic carbocycles. The second-order valence-electron chi connectivity index (χ2n) is 4.98. The molecule has 0 saturated heterocycles. The maximum absolute atomic E-state index is 11.8. The number of rotatable bonds is 5. The van der Waals surface area contributed by atoms with Gasteiger partial charge in [0.2, 0.25) is 5.91 Å². The molecule has 1 aromatic rings. The van der Waals surface area contributed by atoms with Crippen molar-refractivity contribution in [2.75, 3.05) is 19.0 Å². The summed E-state index contributed by atoms with van der Waals surface area (Å²) in [5.74, 6) is 0.889. The summed E-state index contributed by atoms with van der Waals surface area (Å²) < 4.78 is 5.09. The number of anilines is 1. The van der Waals surface area contributed by atoms with Gasteiger partial charge in [-0.3, -0.25) is 4.79 Å². The third-order valence-electron chi connectivity index (χ3n) is 3.51. The predicted molar refractivity (Wildman–Crippen MR) is 76.5 cm³/mol. The van der Waals surface area contributed by atoms with Crippen molar-refractivity contribution in [3.8, 4) is 5.75 Å². The van der Waals surface area contributed by atoms with E-state index in [2.05, 4.69) is 10.6 Å². The highest BCUT2D eigenvalue weighted by Crippen LogP contribution is 2.17. The summed E-state index contributed by atoms with van der Waals surface area (Å²) in [6.07, 6.45) is 6.01. The summed E-state index contributed by atoms with van der Waals surface area (Å²) >= 11 is 0. The van der Waals surface area contributed by atoms with Gasteiger partial charge in [0.1, 0.15) is 5.75 Å². The maximum atomic E-state index is 11.8. The minimum atomic E-state index is 0.0720. The molecule has 0 heterocycles. The van der Waals surface area contributed by atoms with Crippen molar-refractivity contribution in [1.82, 2.24) is 5.32 Å². The van der Waals surface area contributed by atoms with Crippen LogP contribution in [0.5, 0.6) is 5.75 Å². The number of amides is 1. The number of benzene rings is 1. The van der Waals surface area contributed by atoms with Gasteiger partial charge in [0.25, 0.3) is 0 Å². The van der Waals surface area contributed by atoms with Crippen molar-refractivity contribution in [3.63, 3.8) is 0 Å². The molecule has 2 rings (SSSR count). The summed E-state index contributed by atoms with van der Waals surface area (Å²) in [7, 11) is 1.64. The first kappa shape index (κ1) is 13.7. The standard InChI is InChI=1S/C15H22N2O2/c1-19-14-9-7-12(8-10-14)16-11-15(18)17-13-5-3-2-4-6-13/h7-10,13,16H,2-6,11H2,1H3,(H,17,18). The van der Waals surface area contributed by atoms with Gasteiger partial charge in [0.15, 0.2) is 0 Å². The van der Waals surface area contributed by atoms with Crippen LogP contribution in [-0.2, 0) is 4.79 Å². The van der Waals surface area contributed by atoms with Gasteiger partial charge in [-0.05, 0) is 37.1 Å². The molecule has 1 aliphatic carbocycles. The lowest BCUT2D eigenvalue weighted by molar-refractivity contribution is -0.120. The average Bonchev–Trinajstić information content (AvgIpc) is 2.47. The number of carbonyl (C=O) groups is 1. The van der Waals surface area contributed by atoms with Crippen LogP contribution in [0, 0.1) is 0 Å². The number of carbonyl (C=O) groups excluding carboxylic acids is 1. The zero-order valence-electron chi connectivity index (χ0n) is 11.4. The average molecular weight is 262 g/mol. The van der Waals surface area contributed by atoms with E-state index in [1.807, 2.05) is 24.3 Å². The van der Waals surface area contributed by atoms with Crippen LogP contribution in [0.25, 0.3) is 0 Å². The predicted octanol–water partition coefficient (Wildman–Crippen LogP) is 2.56. The molecular weight excluding hydrogens is 240 g/mol. The first-order valence-corrected chi connectivity index (χ1v) is 6.95. The van der Waals surface area contributed by atoms with Crippen LogP contribution >= 0.6 is 0 Å². The Bertz CT molecular complexity index is 397. The minimum absolute atomic E-state index is 0.0720. The fourth-order valence-corrected chi connectivity index (χ4v) is 2.42. The minimum Gasteiger partial charge on any atom is -0.497 e. The molecule has 0 bridgehead atoms. The smallest absolute Gasteiger partial charge is 0.239 e. The molecule has 19 heavy (non-hydrogen) atoms. The SMILES string of the molecule is COc1ccc(NCC(=O)NC2CCCCC2)cc1. The van der Waals surface area contributed by atoms with Gasteiger partial charge in [-0.1, -0.05) is 19.3 Å². The Kier molecular flexibility index (Phi) is 5.07. The monoisotopic (exact) mass is 262 g/mol. The highest BCUT2D eigenvalue weighted by Gasteiger charge is 2.15. The molecule has 0 unspecified atom stereocenters. The second kappa shape index (κ2) is 7.02. The fourth-order valence-electron chi connectivity index (χ4n) is 2.42. The Balaban J connectivity index is 1.72. The summed E-state index contributed by atoms with van der Waals surface area (Å²) in [6, 6.07) is 7.95. The molecule has 2 N–H and O–H groups in total. The molecule has 0 spiro atoms. The molecule has 0 aromatic heterocycles. The number of nitrogens with one attached hydrogen (secondary N) is 2. The van der Waals surface area contributed by atoms with Crippen LogP contribution in [0.15, 0.2) is 24.3 Å². The van der Waals surface area contributed by atoms with Gasteiger partial charge in [-0.2, -0.15) is 0 Å². The molecule has 1 saturated carbocycles. The highest BCUT2D eigenvalue weighted by molar-refractivity contribution is 5.81. The third kappa shape index (κ3) is 4.47. The zero-order valence-corrected chi connectivity index (χ0v) is 11.4. The third-order valence-corrected chi connectivity index (χ3v) is 3.51. The number of methoxy groups -OCH3 is 1. The number of hydrogen-bond acceptors (Lipinski definition) is 3. The first-order valence-electron chi connectivity index (χ1n) is 6.95. The molecule has 0 atom stereocenters. The van der Waals surface area contributed by atoms with Gasteiger partial charge in [0, 0.05) is 11.7 Å². The van der Waals surface area contributed by atoms with Crippen molar-refractivity contribution in [1.29, 1.82) is 0 Å². The van der Waals surface area contributed by atoms with E-state index in [4.69, 9.17) is 4.74 Å². The lowest BCUT2D eigenvalue weighted by Crippen LogP contribution is -2.39. The van der Waals surface area contributed by atoms with Crippen LogP contribution in [-0.4, -0.2) is 25.6 Å². The molecule has 1 aliphatic rings. The highest BCUT2D eigenvalue weighted by atomic mass is 16.5. The molecule has 0 aliphatic heterocycles. The van der Waals surface area contributed by atoms with Crippen LogP contribution < -0.4 is 15.4 Å². The molecule has 4 heteroatoms. The molecule has 4 nitrogen and oxygen atoms in total. The van der Waals surface area contributed by atoms with E-state index in [0.717, 1.165) is 24.3 Å². The molecule has 0 radical (unpaired) electrons. The summed E-state index contributed by atoms with van der Waals surface area (Å²) in [6.45, 7) is 0.322. The Labute approximate surface area is 114 Å². The van der Waals surface area contributed by atoms with E-state index < -0.39 is 0 Å². The normalized spacial score (nSPS) is 15.8. The second-order valence-corrected chi connectivity index (χ2v) is 4.98. The maximum Gasteiger partial charge on any atom is 0.239 e. The van der Waals surface area contributed by atoms with E-state index in [1.165, 1.54) is 19.3 Å². The van der Waals surface area contributed by atoms with Crippen molar-refractivity contribution < 1.29 is 9.53 Å². The largest absolute Gasteiger partial charge is 0.497 e. The van der Waals surface area contributed by atoms with E-state index in [1.54, 1.807) is 7.11 Å². The van der Waals surface area contributed by atoms with E-state index in [-0.39, 0.29) is 5.91 Å². The van der Waals surface area contributed by atoms with Crippen LogP contribution in [0.3, 0.4) is 0 Å².